The molecular weight excluding hydrogens is 242 g/mol. The van der Waals surface area contributed by atoms with Gasteiger partial charge in [-0.3, -0.25) is 4.79 Å². The van der Waals surface area contributed by atoms with Gasteiger partial charge in [0.2, 0.25) is 0 Å². The number of anilines is 2. The van der Waals surface area contributed by atoms with Gasteiger partial charge in [-0.1, -0.05) is 16.8 Å². The fourth-order valence-electron chi connectivity index (χ4n) is 1.35. The summed E-state index contributed by atoms with van der Waals surface area (Å²) in [5.74, 6) is 0.610. The summed E-state index contributed by atoms with van der Waals surface area (Å²) in [5.41, 5.74) is 6.35. The smallest absolute Gasteiger partial charge is 0.258 e. The summed E-state index contributed by atoms with van der Waals surface area (Å²) in [6.07, 6.45) is 0. The minimum absolute atomic E-state index is 0.315. The zero-order valence-corrected chi connectivity index (χ0v) is 9.78. The van der Waals surface area contributed by atoms with Crippen molar-refractivity contribution in [3.63, 3.8) is 0 Å². The van der Waals surface area contributed by atoms with Gasteiger partial charge in [-0.25, -0.2) is 0 Å². The molecular formula is C11H10ClN3O2. The maximum atomic E-state index is 11.8. The van der Waals surface area contributed by atoms with E-state index in [-0.39, 0.29) is 5.91 Å². The zero-order chi connectivity index (χ0) is 12.4. The van der Waals surface area contributed by atoms with Gasteiger partial charge in [-0.15, -0.1) is 0 Å². The number of nitrogens with zero attached hydrogens (tertiary/aromatic N) is 1. The number of nitrogen functional groups attached to an aromatic ring is 1. The zero-order valence-electron chi connectivity index (χ0n) is 9.03. The maximum absolute atomic E-state index is 11.8. The molecule has 5 nitrogen and oxygen atoms in total. The molecule has 0 radical (unpaired) electrons. The van der Waals surface area contributed by atoms with Crippen LogP contribution in [0.4, 0.5) is 11.5 Å². The van der Waals surface area contributed by atoms with Crippen molar-refractivity contribution in [2.75, 3.05) is 11.1 Å². The highest BCUT2D eigenvalue weighted by Crippen LogP contribution is 2.19. The highest BCUT2D eigenvalue weighted by molar-refractivity contribution is 6.31. The van der Waals surface area contributed by atoms with Crippen molar-refractivity contribution < 1.29 is 9.32 Å². The Morgan fingerprint density at radius 3 is 2.82 bits per heavy atom. The van der Waals surface area contributed by atoms with Crippen molar-refractivity contribution in [2.24, 2.45) is 0 Å². The fourth-order valence-corrected chi connectivity index (χ4v) is 1.53. The Kier molecular flexibility index (Phi) is 3.01. The summed E-state index contributed by atoms with van der Waals surface area (Å²) in [6, 6.07) is 6.29. The number of nitrogens with two attached hydrogens (primary N) is 1. The Labute approximate surface area is 103 Å². The number of amides is 1. The highest BCUT2D eigenvalue weighted by atomic mass is 35.5. The Morgan fingerprint density at radius 2 is 2.24 bits per heavy atom. The van der Waals surface area contributed by atoms with Crippen LogP contribution in [0.25, 0.3) is 0 Å². The lowest BCUT2D eigenvalue weighted by atomic mass is 10.1. The molecule has 2 rings (SSSR count). The summed E-state index contributed by atoms with van der Waals surface area (Å²) < 4.78 is 4.83. The molecule has 0 unspecified atom stereocenters. The standard InChI is InChI=1S/C11H10ClN3O2/c1-6-4-10(15-17-6)14-11(16)8-3-2-7(12)5-9(8)13/h2-5H,13H2,1H3,(H,14,15,16). The first-order chi connectivity index (χ1) is 8.06. The van der Waals surface area contributed by atoms with Crippen LogP contribution in [0, 0.1) is 6.92 Å². The molecule has 0 bridgehead atoms. The summed E-state index contributed by atoms with van der Waals surface area (Å²) >= 11 is 5.75. The second kappa shape index (κ2) is 4.47. The third-order valence-corrected chi connectivity index (χ3v) is 2.36. The minimum atomic E-state index is -0.354. The maximum Gasteiger partial charge on any atom is 0.258 e. The van der Waals surface area contributed by atoms with Crippen LogP contribution in [0.15, 0.2) is 28.8 Å². The molecule has 2 aromatic rings. The first kappa shape index (κ1) is 11.5. The van der Waals surface area contributed by atoms with Crippen LogP contribution >= 0.6 is 11.6 Å². The largest absolute Gasteiger partial charge is 0.398 e. The van der Waals surface area contributed by atoms with Gasteiger partial charge in [-0.2, -0.15) is 0 Å². The molecule has 0 aliphatic carbocycles. The van der Waals surface area contributed by atoms with Gasteiger partial charge in [-0.05, 0) is 25.1 Å². The van der Waals surface area contributed by atoms with E-state index in [9.17, 15) is 4.79 Å². The highest BCUT2D eigenvalue weighted by Gasteiger charge is 2.12. The van der Waals surface area contributed by atoms with Gasteiger partial charge in [0.05, 0.1) is 5.56 Å². The summed E-state index contributed by atoms with van der Waals surface area (Å²) in [4.78, 5) is 11.8. The summed E-state index contributed by atoms with van der Waals surface area (Å²) in [6.45, 7) is 1.74. The van der Waals surface area contributed by atoms with E-state index in [0.29, 0.717) is 27.9 Å². The summed E-state index contributed by atoms with van der Waals surface area (Å²) in [7, 11) is 0. The quantitative estimate of drug-likeness (QED) is 0.804. The van der Waals surface area contributed by atoms with Crippen LogP contribution in [0.3, 0.4) is 0 Å². The first-order valence-corrected chi connectivity index (χ1v) is 5.24. The Hall–Kier alpha value is -2.01. The van der Waals surface area contributed by atoms with Gasteiger partial charge in [0.15, 0.2) is 5.82 Å². The lowest BCUT2D eigenvalue weighted by molar-refractivity contribution is 0.102. The second-order valence-electron chi connectivity index (χ2n) is 3.51. The van der Waals surface area contributed by atoms with Gasteiger partial charge in [0.25, 0.3) is 5.91 Å². The van der Waals surface area contributed by atoms with Crippen LogP contribution in [-0.4, -0.2) is 11.1 Å². The lowest BCUT2D eigenvalue weighted by Crippen LogP contribution is -2.14. The van der Waals surface area contributed by atoms with E-state index in [1.54, 1.807) is 25.1 Å². The van der Waals surface area contributed by atoms with E-state index in [4.69, 9.17) is 21.9 Å². The SMILES string of the molecule is Cc1cc(NC(=O)c2ccc(Cl)cc2N)no1. The van der Waals surface area contributed by atoms with Crippen molar-refractivity contribution in [2.45, 2.75) is 6.92 Å². The third-order valence-electron chi connectivity index (χ3n) is 2.13. The predicted octanol–water partition coefficient (Wildman–Crippen LogP) is 2.47. The molecule has 1 aromatic carbocycles. The van der Waals surface area contributed by atoms with E-state index in [0.717, 1.165) is 0 Å². The van der Waals surface area contributed by atoms with Crippen LogP contribution in [-0.2, 0) is 0 Å². The average Bonchev–Trinajstić information content (AvgIpc) is 2.63. The number of carbonyl (C=O) groups excluding carboxylic acids is 1. The van der Waals surface area contributed by atoms with Crippen molar-refractivity contribution in [1.82, 2.24) is 5.16 Å². The molecule has 1 aromatic heterocycles. The second-order valence-corrected chi connectivity index (χ2v) is 3.94. The van der Waals surface area contributed by atoms with E-state index in [1.807, 2.05) is 0 Å². The minimum Gasteiger partial charge on any atom is -0.398 e. The fraction of sp³-hybridized carbons (Fsp3) is 0.0909. The van der Waals surface area contributed by atoms with Crippen LogP contribution < -0.4 is 11.1 Å². The number of hydrogen-bond donors (Lipinski definition) is 2. The van der Waals surface area contributed by atoms with Crippen LogP contribution in [0.5, 0.6) is 0 Å². The van der Waals surface area contributed by atoms with E-state index in [1.165, 1.54) is 6.07 Å². The van der Waals surface area contributed by atoms with Crippen molar-refractivity contribution >= 4 is 29.0 Å². The molecule has 88 valence electrons. The van der Waals surface area contributed by atoms with Gasteiger partial charge in [0, 0.05) is 16.8 Å². The number of rotatable bonds is 2. The van der Waals surface area contributed by atoms with Gasteiger partial charge < -0.3 is 15.6 Å². The monoisotopic (exact) mass is 251 g/mol. The number of halogens is 1. The third kappa shape index (κ3) is 2.57. The molecule has 0 saturated heterocycles. The topological polar surface area (TPSA) is 81.2 Å². The van der Waals surface area contributed by atoms with E-state index < -0.39 is 0 Å². The molecule has 0 fully saturated rings. The molecule has 0 aliphatic heterocycles. The number of nitrogens with one attached hydrogen (secondary N) is 1. The van der Waals surface area contributed by atoms with E-state index >= 15 is 0 Å². The molecule has 0 aliphatic rings. The van der Waals surface area contributed by atoms with Crippen LogP contribution in [0.1, 0.15) is 16.1 Å². The van der Waals surface area contributed by atoms with Crippen molar-refractivity contribution in [3.05, 3.63) is 40.6 Å². The molecule has 0 spiro atoms. The molecule has 1 heterocycles. The molecule has 17 heavy (non-hydrogen) atoms. The van der Waals surface area contributed by atoms with Gasteiger partial charge in [0.1, 0.15) is 5.76 Å². The Bertz CT molecular complexity index is 566. The average molecular weight is 252 g/mol. The first-order valence-electron chi connectivity index (χ1n) is 4.86. The van der Waals surface area contributed by atoms with Crippen molar-refractivity contribution in [1.29, 1.82) is 0 Å². The number of aromatic nitrogens is 1. The molecule has 6 heteroatoms. The Morgan fingerprint density at radius 1 is 1.47 bits per heavy atom. The molecule has 0 atom stereocenters. The normalized spacial score (nSPS) is 10.2. The molecule has 0 saturated carbocycles. The number of aryl methyl sites for hydroxylation is 1. The predicted molar refractivity (Wildman–Crippen MR) is 65.1 cm³/mol. The van der Waals surface area contributed by atoms with Gasteiger partial charge >= 0.3 is 0 Å². The molecule has 3 N–H and O–H groups in total. The summed E-state index contributed by atoms with van der Waals surface area (Å²) in [5, 5.41) is 6.71. The van der Waals surface area contributed by atoms with E-state index in [2.05, 4.69) is 10.5 Å². The van der Waals surface area contributed by atoms with Crippen molar-refractivity contribution in [3.8, 4) is 0 Å². The van der Waals surface area contributed by atoms with Crippen LogP contribution in [0.2, 0.25) is 5.02 Å². The number of hydrogen-bond acceptors (Lipinski definition) is 4. The number of benzene rings is 1. The molecule has 1 amide bonds. The number of carbonyl (C=O) groups is 1. The lowest BCUT2D eigenvalue weighted by Gasteiger charge is -2.04. The Balaban J connectivity index is 2.20.